The zero-order valence-corrected chi connectivity index (χ0v) is 18.5. The van der Waals surface area contributed by atoms with E-state index >= 15 is 0 Å². The summed E-state index contributed by atoms with van der Waals surface area (Å²) in [6.45, 7) is 3.99. The van der Waals surface area contributed by atoms with Crippen LogP contribution < -0.4 is 0 Å². The van der Waals surface area contributed by atoms with Gasteiger partial charge in [0.05, 0.1) is 11.4 Å². The number of Topliss-reactive ketones (excluding diaryl/α,β-unsaturated/α-hetero) is 1. The normalized spacial score (nSPS) is 14.6. The summed E-state index contributed by atoms with van der Waals surface area (Å²) < 4.78 is 0. The van der Waals surface area contributed by atoms with Gasteiger partial charge in [-0.2, -0.15) is 0 Å². The Morgan fingerprint density at radius 3 is 2.40 bits per heavy atom. The second-order valence-electron chi connectivity index (χ2n) is 8.24. The van der Waals surface area contributed by atoms with Gasteiger partial charge in [-0.15, -0.1) is 10.2 Å². The number of carbonyl (C=O) groups excluding carboxylic acids is 1. The monoisotopic (exact) mass is 416 g/mol. The van der Waals surface area contributed by atoms with Gasteiger partial charge in [0, 0.05) is 11.1 Å². The molecular formula is C26H28N2OS. The predicted octanol–water partition coefficient (Wildman–Crippen LogP) is 6.78. The third-order valence-corrected chi connectivity index (χ3v) is 6.89. The molecule has 30 heavy (non-hydrogen) atoms. The number of hydrogen-bond acceptors (Lipinski definition) is 4. The Kier molecular flexibility index (Phi) is 6.63. The number of ketones is 1. The van der Waals surface area contributed by atoms with Crippen molar-refractivity contribution in [3.05, 3.63) is 76.9 Å². The fourth-order valence-electron chi connectivity index (χ4n) is 4.17. The molecule has 1 aliphatic carbocycles. The number of thioether (sulfide) groups is 1. The third-order valence-electron chi connectivity index (χ3n) is 5.97. The maximum Gasteiger partial charge on any atom is 0.173 e. The van der Waals surface area contributed by atoms with Crippen LogP contribution in [0.25, 0.3) is 11.3 Å². The van der Waals surface area contributed by atoms with Crippen LogP contribution in [0.3, 0.4) is 0 Å². The third kappa shape index (κ3) is 4.99. The largest absolute Gasteiger partial charge is 0.293 e. The van der Waals surface area contributed by atoms with Crippen LogP contribution in [-0.2, 0) is 0 Å². The summed E-state index contributed by atoms with van der Waals surface area (Å²) in [6.07, 6.45) is 6.70. The average Bonchev–Trinajstić information content (AvgIpc) is 2.80. The molecule has 1 heterocycles. The summed E-state index contributed by atoms with van der Waals surface area (Å²) in [5, 5.41) is 9.50. The van der Waals surface area contributed by atoms with Crippen LogP contribution >= 0.6 is 11.8 Å². The van der Waals surface area contributed by atoms with E-state index in [1.54, 1.807) is 0 Å². The predicted molar refractivity (Wildman–Crippen MR) is 124 cm³/mol. The number of hydrogen-bond donors (Lipinski definition) is 0. The molecule has 154 valence electrons. The summed E-state index contributed by atoms with van der Waals surface area (Å²) >= 11 is 1.44. The van der Waals surface area contributed by atoms with Gasteiger partial charge in [-0.05, 0) is 61.9 Å². The lowest BCUT2D eigenvalue weighted by molar-refractivity contribution is 0.102. The van der Waals surface area contributed by atoms with E-state index in [9.17, 15) is 4.79 Å². The number of aromatic nitrogens is 2. The number of aryl methyl sites for hydroxylation is 2. The van der Waals surface area contributed by atoms with Crippen molar-refractivity contribution in [3.8, 4) is 11.3 Å². The summed E-state index contributed by atoms with van der Waals surface area (Å²) in [6, 6.07) is 18.8. The summed E-state index contributed by atoms with van der Waals surface area (Å²) in [7, 11) is 0. The van der Waals surface area contributed by atoms with Crippen molar-refractivity contribution in [1.29, 1.82) is 0 Å². The van der Waals surface area contributed by atoms with E-state index in [1.807, 2.05) is 44.2 Å². The van der Waals surface area contributed by atoms with Crippen LogP contribution in [0.2, 0.25) is 0 Å². The quantitative estimate of drug-likeness (QED) is 0.328. The van der Waals surface area contributed by atoms with Gasteiger partial charge in [-0.1, -0.05) is 73.0 Å². The molecule has 0 spiro atoms. The Morgan fingerprint density at radius 2 is 1.70 bits per heavy atom. The van der Waals surface area contributed by atoms with Crippen molar-refractivity contribution in [3.63, 3.8) is 0 Å². The van der Waals surface area contributed by atoms with Gasteiger partial charge < -0.3 is 0 Å². The molecule has 0 unspecified atom stereocenters. The number of carbonyl (C=O) groups is 1. The molecular weight excluding hydrogens is 388 g/mol. The van der Waals surface area contributed by atoms with Crippen LogP contribution in [0.15, 0.2) is 59.6 Å². The molecule has 1 fully saturated rings. The topological polar surface area (TPSA) is 42.9 Å². The lowest BCUT2D eigenvalue weighted by Crippen LogP contribution is -2.05. The minimum absolute atomic E-state index is 0.130. The maximum absolute atomic E-state index is 12.6. The molecule has 4 heteroatoms. The van der Waals surface area contributed by atoms with Crippen LogP contribution in [0.4, 0.5) is 0 Å². The fourth-order valence-corrected chi connectivity index (χ4v) is 4.86. The van der Waals surface area contributed by atoms with Gasteiger partial charge in [0.2, 0.25) is 0 Å². The van der Waals surface area contributed by atoms with E-state index in [0.717, 1.165) is 33.0 Å². The Hall–Kier alpha value is -2.46. The van der Waals surface area contributed by atoms with Gasteiger partial charge in [-0.3, -0.25) is 4.79 Å². The molecule has 0 atom stereocenters. The summed E-state index contributed by atoms with van der Waals surface area (Å²) in [5.41, 5.74) is 6.33. The minimum atomic E-state index is 0.130. The molecule has 0 radical (unpaired) electrons. The minimum Gasteiger partial charge on any atom is -0.293 e. The van der Waals surface area contributed by atoms with E-state index in [4.69, 9.17) is 0 Å². The van der Waals surface area contributed by atoms with Crippen molar-refractivity contribution in [2.24, 2.45) is 0 Å². The molecule has 1 aromatic heterocycles. The molecule has 3 aromatic rings. The van der Waals surface area contributed by atoms with Crippen LogP contribution in [0, 0.1) is 13.8 Å². The molecule has 0 saturated heterocycles. The lowest BCUT2D eigenvalue weighted by Gasteiger charge is -2.22. The van der Waals surface area contributed by atoms with Gasteiger partial charge in [0.15, 0.2) is 5.78 Å². The maximum atomic E-state index is 12.6. The SMILES string of the molecule is Cc1ccc(C)c(C(=O)CSc2ccc(-c3ccc(C4CCCCC4)cc3)nn2)c1. The first-order valence-corrected chi connectivity index (χ1v) is 11.8. The van der Waals surface area contributed by atoms with Crippen LogP contribution in [-0.4, -0.2) is 21.7 Å². The van der Waals surface area contributed by atoms with E-state index in [0.29, 0.717) is 11.7 Å². The van der Waals surface area contributed by atoms with Crippen molar-refractivity contribution in [1.82, 2.24) is 10.2 Å². The van der Waals surface area contributed by atoms with E-state index < -0.39 is 0 Å². The molecule has 0 bridgehead atoms. The molecule has 2 aromatic carbocycles. The van der Waals surface area contributed by atoms with Crippen LogP contribution in [0.5, 0.6) is 0 Å². The molecule has 0 amide bonds. The second-order valence-corrected chi connectivity index (χ2v) is 9.24. The first-order valence-electron chi connectivity index (χ1n) is 10.8. The molecule has 0 N–H and O–H groups in total. The molecule has 3 nitrogen and oxygen atoms in total. The standard InChI is InChI=1S/C26H28N2OS/c1-18-8-9-19(2)23(16-18)25(29)17-30-26-15-14-24(27-28-26)22-12-10-21(11-13-22)20-6-4-3-5-7-20/h8-16,20H,3-7,17H2,1-2H3. The first kappa shape index (κ1) is 20.8. The molecule has 1 saturated carbocycles. The number of nitrogens with zero attached hydrogens (tertiary/aromatic N) is 2. The first-order chi connectivity index (χ1) is 14.6. The Bertz CT molecular complexity index is 1010. The second kappa shape index (κ2) is 9.57. The summed E-state index contributed by atoms with van der Waals surface area (Å²) in [4.78, 5) is 12.6. The molecule has 4 rings (SSSR count). The highest BCUT2D eigenvalue weighted by molar-refractivity contribution is 7.99. The van der Waals surface area contributed by atoms with Gasteiger partial charge >= 0.3 is 0 Å². The lowest BCUT2D eigenvalue weighted by atomic mass is 9.84. The Balaban J connectivity index is 1.38. The zero-order chi connectivity index (χ0) is 20.9. The zero-order valence-electron chi connectivity index (χ0n) is 17.7. The summed E-state index contributed by atoms with van der Waals surface area (Å²) in [5.74, 6) is 1.21. The highest BCUT2D eigenvalue weighted by Gasteiger charge is 2.15. The molecule has 0 aliphatic heterocycles. The Labute approximate surface area is 183 Å². The van der Waals surface area contributed by atoms with E-state index in [2.05, 4.69) is 34.5 Å². The van der Waals surface area contributed by atoms with E-state index in [1.165, 1.54) is 49.4 Å². The van der Waals surface area contributed by atoms with Crippen molar-refractivity contribution >= 4 is 17.5 Å². The highest BCUT2D eigenvalue weighted by atomic mass is 32.2. The van der Waals surface area contributed by atoms with Gasteiger partial charge in [-0.25, -0.2) is 0 Å². The fraction of sp³-hybridized carbons (Fsp3) is 0.346. The van der Waals surface area contributed by atoms with Crippen molar-refractivity contribution < 1.29 is 4.79 Å². The number of rotatable bonds is 6. The number of benzene rings is 2. The van der Waals surface area contributed by atoms with Gasteiger partial charge in [0.1, 0.15) is 5.03 Å². The Morgan fingerprint density at radius 1 is 0.933 bits per heavy atom. The van der Waals surface area contributed by atoms with Gasteiger partial charge in [0.25, 0.3) is 0 Å². The van der Waals surface area contributed by atoms with Crippen LogP contribution in [0.1, 0.15) is 65.1 Å². The molecule has 1 aliphatic rings. The highest BCUT2D eigenvalue weighted by Crippen LogP contribution is 2.33. The average molecular weight is 417 g/mol. The van der Waals surface area contributed by atoms with Crippen molar-refractivity contribution in [2.75, 3.05) is 5.75 Å². The van der Waals surface area contributed by atoms with E-state index in [-0.39, 0.29) is 5.78 Å². The van der Waals surface area contributed by atoms with Crippen molar-refractivity contribution in [2.45, 2.75) is 56.9 Å². The smallest absolute Gasteiger partial charge is 0.173 e.